The molecule has 1 aromatic heterocycles. The Morgan fingerprint density at radius 2 is 2.24 bits per heavy atom. The van der Waals surface area contributed by atoms with Gasteiger partial charge in [0.1, 0.15) is 0 Å². The quantitative estimate of drug-likeness (QED) is 0.716. The predicted molar refractivity (Wildman–Crippen MR) is 70.9 cm³/mol. The van der Waals surface area contributed by atoms with Crippen LogP contribution in [0.3, 0.4) is 0 Å². The molecule has 0 aliphatic heterocycles. The molecule has 2 aromatic rings. The van der Waals surface area contributed by atoms with Gasteiger partial charge in [-0.2, -0.15) is 0 Å². The van der Waals surface area contributed by atoms with Gasteiger partial charge < -0.3 is 15.4 Å². The van der Waals surface area contributed by atoms with E-state index in [0.717, 1.165) is 19.4 Å². The summed E-state index contributed by atoms with van der Waals surface area (Å²) in [7, 11) is 0. The van der Waals surface area contributed by atoms with Crippen molar-refractivity contribution in [2.75, 3.05) is 6.61 Å². The number of aromatic amines is 1. The van der Waals surface area contributed by atoms with E-state index in [2.05, 4.69) is 41.5 Å². The van der Waals surface area contributed by atoms with Crippen LogP contribution in [0.25, 0.3) is 10.9 Å². The third kappa shape index (κ3) is 3.32. The monoisotopic (exact) mass is 232 g/mol. The fraction of sp³-hybridized carbons (Fsp3) is 0.429. The Morgan fingerprint density at radius 3 is 3.06 bits per heavy atom. The Bertz CT molecular complexity index is 464. The van der Waals surface area contributed by atoms with E-state index in [1.165, 1.54) is 16.5 Å². The molecule has 0 amide bonds. The van der Waals surface area contributed by atoms with Crippen molar-refractivity contribution in [3.63, 3.8) is 0 Å². The van der Waals surface area contributed by atoms with Gasteiger partial charge in [-0.05, 0) is 48.9 Å². The molecule has 0 spiro atoms. The van der Waals surface area contributed by atoms with E-state index in [1.807, 2.05) is 6.20 Å². The number of H-pyrrole nitrogens is 1. The van der Waals surface area contributed by atoms with Crippen LogP contribution in [0.15, 0.2) is 30.5 Å². The van der Waals surface area contributed by atoms with E-state index in [4.69, 9.17) is 5.11 Å². The lowest BCUT2D eigenvalue weighted by Crippen LogP contribution is -2.25. The summed E-state index contributed by atoms with van der Waals surface area (Å²) in [5.74, 6) is 0. The van der Waals surface area contributed by atoms with Crippen LogP contribution in [0, 0.1) is 0 Å². The first-order valence-electron chi connectivity index (χ1n) is 6.20. The van der Waals surface area contributed by atoms with E-state index in [9.17, 15) is 0 Å². The molecule has 0 saturated carbocycles. The van der Waals surface area contributed by atoms with Crippen LogP contribution in [-0.4, -0.2) is 22.7 Å². The Morgan fingerprint density at radius 1 is 1.35 bits per heavy atom. The number of benzene rings is 1. The molecule has 1 unspecified atom stereocenters. The minimum absolute atomic E-state index is 0.279. The second-order valence-corrected chi connectivity index (χ2v) is 4.55. The first-order chi connectivity index (χ1) is 8.29. The van der Waals surface area contributed by atoms with Crippen LogP contribution in [0.4, 0.5) is 0 Å². The molecule has 92 valence electrons. The van der Waals surface area contributed by atoms with Crippen molar-refractivity contribution >= 4 is 10.9 Å². The van der Waals surface area contributed by atoms with Crippen LogP contribution >= 0.6 is 0 Å². The molecule has 0 bridgehead atoms. The average Bonchev–Trinajstić information content (AvgIpc) is 2.81. The molecule has 1 aromatic carbocycles. The van der Waals surface area contributed by atoms with Crippen LogP contribution in [0.5, 0.6) is 0 Å². The molecule has 2 rings (SSSR count). The Hall–Kier alpha value is -1.32. The molecular weight excluding hydrogens is 212 g/mol. The molecule has 0 fully saturated rings. The van der Waals surface area contributed by atoms with Crippen LogP contribution in [-0.2, 0) is 6.54 Å². The summed E-state index contributed by atoms with van der Waals surface area (Å²) in [6, 6.07) is 9.00. The van der Waals surface area contributed by atoms with Gasteiger partial charge in [0.25, 0.3) is 0 Å². The van der Waals surface area contributed by atoms with Gasteiger partial charge in [-0.25, -0.2) is 0 Å². The summed E-state index contributed by atoms with van der Waals surface area (Å²) in [4.78, 5) is 3.19. The van der Waals surface area contributed by atoms with E-state index >= 15 is 0 Å². The van der Waals surface area contributed by atoms with Crippen molar-refractivity contribution in [1.82, 2.24) is 10.3 Å². The lowest BCUT2D eigenvalue weighted by molar-refractivity contribution is 0.276. The first-order valence-corrected chi connectivity index (χ1v) is 6.20. The van der Waals surface area contributed by atoms with Crippen molar-refractivity contribution in [1.29, 1.82) is 0 Å². The van der Waals surface area contributed by atoms with E-state index in [-0.39, 0.29) is 6.61 Å². The summed E-state index contributed by atoms with van der Waals surface area (Å²) in [5, 5.41) is 13.5. The molecule has 3 nitrogen and oxygen atoms in total. The number of nitrogens with one attached hydrogen (secondary N) is 2. The molecule has 0 radical (unpaired) electrons. The van der Waals surface area contributed by atoms with Gasteiger partial charge in [0.15, 0.2) is 0 Å². The predicted octanol–water partition coefficient (Wildman–Crippen LogP) is 2.42. The second-order valence-electron chi connectivity index (χ2n) is 4.55. The number of aromatic nitrogens is 1. The standard InChI is InChI=1S/C14H20N2O/c1-11(3-2-8-17)16-10-12-4-5-14-13(9-12)6-7-15-14/h4-7,9,11,15-17H,2-3,8,10H2,1H3. The van der Waals surface area contributed by atoms with E-state index < -0.39 is 0 Å². The normalized spacial score (nSPS) is 13.1. The highest BCUT2D eigenvalue weighted by Crippen LogP contribution is 2.14. The summed E-state index contributed by atoms with van der Waals surface area (Å²) >= 11 is 0. The van der Waals surface area contributed by atoms with Gasteiger partial charge in [-0.15, -0.1) is 0 Å². The summed E-state index contributed by atoms with van der Waals surface area (Å²) in [6.45, 7) is 3.32. The zero-order chi connectivity index (χ0) is 12.1. The van der Waals surface area contributed by atoms with Gasteiger partial charge in [-0.1, -0.05) is 6.07 Å². The van der Waals surface area contributed by atoms with Crippen molar-refractivity contribution in [2.45, 2.75) is 32.4 Å². The highest BCUT2D eigenvalue weighted by atomic mass is 16.2. The molecule has 0 aliphatic rings. The number of aliphatic hydroxyl groups excluding tert-OH is 1. The molecular formula is C14H20N2O. The maximum atomic E-state index is 8.76. The van der Waals surface area contributed by atoms with Crippen molar-refractivity contribution in [3.05, 3.63) is 36.0 Å². The number of hydrogen-bond acceptors (Lipinski definition) is 2. The topological polar surface area (TPSA) is 48.0 Å². The van der Waals surface area contributed by atoms with Gasteiger partial charge in [-0.3, -0.25) is 0 Å². The lowest BCUT2D eigenvalue weighted by Gasteiger charge is -2.13. The Kier molecular flexibility index (Phi) is 4.18. The Labute approximate surface area is 102 Å². The minimum atomic E-state index is 0.279. The largest absolute Gasteiger partial charge is 0.396 e. The maximum Gasteiger partial charge on any atom is 0.0454 e. The molecule has 1 atom stereocenters. The molecule has 3 heteroatoms. The average molecular weight is 232 g/mol. The van der Waals surface area contributed by atoms with Gasteiger partial charge in [0, 0.05) is 30.9 Å². The Balaban J connectivity index is 1.89. The second kappa shape index (κ2) is 5.84. The molecule has 0 aliphatic carbocycles. The maximum absolute atomic E-state index is 8.76. The number of fused-ring (bicyclic) bond motifs is 1. The number of hydrogen-bond donors (Lipinski definition) is 3. The highest BCUT2D eigenvalue weighted by Gasteiger charge is 2.02. The van der Waals surface area contributed by atoms with Crippen LogP contribution < -0.4 is 5.32 Å². The SMILES string of the molecule is CC(CCCO)NCc1ccc2[nH]ccc2c1. The first kappa shape index (κ1) is 12.1. The van der Waals surface area contributed by atoms with Gasteiger partial charge in [0.2, 0.25) is 0 Å². The minimum Gasteiger partial charge on any atom is -0.396 e. The van der Waals surface area contributed by atoms with Gasteiger partial charge in [0.05, 0.1) is 0 Å². The summed E-state index contributed by atoms with van der Waals surface area (Å²) in [5.41, 5.74) is 2.48. The highest BCUT2D eigenvalue weighted by molar-refractivity contribution is 5.79. The third-order valence-electron chi connectivity index (χ3n) is 3.07. The van der Waals surface area contributed by atoms with E-state index in [1.54, 1.807) is 0 Å². The fourth-order valence-electron chi connectivity index (χ4n) is 2.00. The molecule has 3 N–H and O–H groups in total. The third-order valence-corrected chi connectivity index (χ3v) is 3.07. The summed E-state index contributed by atoms with van der Waals surface area (Å²) in [6.07, 6.45) is 3.85. The number of rotatable bonds is 6. The van der Waals surface area contributed by atoms with Crippen LogP contribution in [0.2, 0.25) is 0 Å². The van der Waals surface area contributed by atoms with Crippen LogP contribution in [0.1, 0.15) is 25.3 Å². The van der Waals surface area contributed by atoms with Crippen molar-refractivity contribution < 1.29 is 5.11 Å². The van der Waals surface area contributed by atoms with Crippen molar-refractivity contribution in [3.8, 4) is 0 Å². The van der Waals surface area contributed by atoms with Crippen molar-refractivity contribution in [2.24, 2.45) is 0 Å². The summed E-state index contributed by atoms with van der Waals surface area (Å²) < 4.78 is 0. The van der Waals surface area contributed by atoms with E-state index in [0.29, 0.717) is 6.04 Å². The molecule has 17 heavy (non-hydrogen) atoms. The van der Waals surface area contributed by atoms with Gasteiger partial charge >= 0.3 is 0 Å². The lowest BCUT2D eigenvalue weighted by atomic mass is 10.1. The number of aliphatic hydroxyl groups is 1. The molecule has 1 heterocycles. The smallest absolute Gasteiger partial charge is 0.0454 e. The fourth-order valence-corrected chi connectivity index (χ4v) is 2.00. The molecule has 0 saturated heterocycles. The zero-order valence-electron chi connectivity index (χ0n) is 10.2. The zero-order valence-corrected chi connectivity index (χ0v) is 10.2.